The van der Waals surface area contributed by atoms with E-state index in [-0.39, 0.29) is 18.1 Å². The Labute approximate surface area is 122 Å². The second-order valence-corrected chi connectivity index (χ2v) is 5.62. The third-order valence-electron chi connectivity index (χ3n) is 4.16. The molecule has 0 spiro atoms. The number of anilines is 1. The summed E-state index contributed by atoms with van der Waals surface area (Å²) in [4.78, 5) is 23.7. The van der Waals surface area contributed by atoms with Crippen molar-refractivity contribution in [1.82, 2.24) is 14.9 Å². The molecule has 6 nitrogen and oxygen atoms in total. The zero-order valence-corrected chi connectivity index (χ0v) is 12.0. The van der Waals surface area contributed by atoms with Gasteiger partial charge in [-0.1, -0.05) is 0 Å². The lowest BCUT2D eigenvalue weighted by molar-refractivity contribution is -0.142. The van der Waals surface area contributed by atoms with Gasteiger partial charge in [-0.05, 0) is 13.1 Å². The molecule has 3 rings (SSSR count). The van der Waals surface area contributed by atoms with Crippen LogP contribution in [0.2, 0.25) is 0 Å². The predicted octanol–water partition coefficient (Wildman–Crippen LogP) is 0.641. The summed E-state index contributed by atoms with van der Waals surface area (Å²) in [7, 11) is 1.89. The fraction of sp³-hybridized carbons (Fsp3) is 0.643. The fourth-order valence-electron chi connectivity index (χ4n) is 3.11. The second kappa shape index (κ2) is 5.93. The van der Waals surface area contributed by atoms with Crippen molar-refractivity contribution < 1.29 is 13.9 Å². The van der Waals surface area contributed by atoms with E-state index >= 15 is 0 Å². The highest BCUT2D eigenvalue weighted by atomic mass is 19.1. The molecule has 0 saturated carbocycles. The lowest BCUT2D eigenvalue weighted by Crippen LogP contribution is -2.44. The van der Waals surface area contributed by atoms with Crippen molar-refractivity contribution in [2.75, 3.05) is 31.6 Å². The molecule has 3 atom stereocenters. The molecule has 0 aromatic carbocycles. The number of alkyl halides is 1. The largest absolute Gasteiger partial charge is 0.464 e. The molecule has 1 aromatic rings. The Hall–Kier alpha value is -1.76. The molecule has 3 heterocycles. The molecule has 0 amide bonds. The highest BCUT2D eigenvalue weighted by Gasteiger charge is 2.37. The zero-order valence-electron chi connectivity index (χ0n) is 12.0. The Morgan fingerprint density at radius 3 is 3.10 bits per heavy atom. The quantitative estimate of drug-likeness (QED) is 0.760. The number of carbonyl (C=O) groups is 1. The zero-order chi connectivity index (χ0) is 14.8. The van der Waals surface area contributed by atoms with E-state index in [0.29, 0.717) is 32.5 Å². The summed E-state index contributed by atoms with van der Waals surface area (Å²) < 4.78 is 18.8. The van der Waals surface area contributed by atoms with Gasteiger partial charge in [0.2, 0.25) is 0 Å². The minimum absolute atomic E-state index is 0.00769. The summed E-state index contributed by atoms with van der Waals surface area (Å²) in [6.45, 7) is 1.43. The van der Waals surface area contributed by atoms with Crippen LogP contribution in [0.1, 0.15) is 12.8 Å². The first-order valence-electron chi connectivity index (χ1n) is 7.18. The number of likely N-dealkylation sites (N-methyl/N-ethyl adjacent to an activating group) is 1. The van der Waals surface area contributed by atoms with Crippen molar-refractivity contribution in [3.05, 3.63) is 18.6 Å². The summed E-state index contributed by atoms with van der Waals surface area (Å²) in [6.07, 6.45) is 3.41. The number of halogens is 1. The average Bonchev–Trinajstić information content (AvgIpc) is 3.06. The molecule has 7 heteroatoms. The normalized spacial score (nSPS) is 29.2. The van der Waals surface area contributed by atoms with E-state index in [1.165, 1.54) is 6.33 Å². The van der Waals surface area contributed by atoms with Crippen LogP contribution >= 0.6 is 0 Å². The van der Waals surface area contributed by atoms with Crippen LogP contribution in [-0.4, -0.2) is 65.8 Å². The van der Waals surface area contributed by atoms with Crippen molar-refractivity contribution in [1.29, 1.82) is 0 Å². The smallest absolute Gasteiger partial charge is 0.323 e. The molecule has 2 saturated heterocycles. The molecular formula is C14H19FN4O2. The van der Waals surface area contributed by atoms with Crippen molar-refractivity contribution in [2.24, 2.45) is 0 Å². The van der Waals surface area contributed by atoms with Gasteiger partial charge in [-0.15, -0.1) is 0 Å². The number of carbonyl (C=O) groups excluding carboxylic acids is 1. The molecule has 0 N–H and O–H groups in total. The van der Waals surface area contributed by atoms with E-state index in [9.17, 15) is 9.18 Å². The van der Waals surface area contributed by atoms with Gasteiger partial charge in [-0.25, -0.2) is 14.4 Å². The maximum absolute atomic E-state index is 13.8. The van der Waals surface area contributed by atoms with Gasteiger partial charge in [-0.3, -0.25) is 9.69 Å². The number of hydrogen-bond acceptors (Lipinski definition) is 6. The first-order valence-corrected chi connectivity index (χ1v) is 7.18. The molecule has 21 heavy (non-hydrogen) atoms. The summed E-state index contributed by atoms with van der Waals surface area (Å²) >= 11 is 0. The van der Waals surface area contributed by atoms with Crippen LogP contribution < -0.4 is 4.90 Å². The van der Waals surface area contributed by atoms with Gasteiger partial charge >= 0.3 is 5.97 Å². The summed E-state index contributed by atoms with van der Waals surface area (Å²) in [5, 5.41) is 0. The molecular weight excluding hydrogens is 275 g/mol. The van der Waals surface area contributed by atoms with Gasteiger partial charge in [0.1, 0.15) is 24.4 Å². The number of ether oxygens (including phenoxy) is 1. The van der Waals surface area contributed by atoms with Gasteiger partial charge in [0.15, 0.2) is 0 Å². The molecule has 114 valence electrons. The first-order chi connectivity index (χ1) is 10.1. The van der Waals surface area contributed by atoms with Crippen LogP contribution in [-0.2, 0) is 9.53 Å². The Bertz CT molecular complexity index is 501. The maximum Gasteiger partial charge on any atom is 0.323 e. The predicted molar refractivity (Wildman–Crippen MR) is 74.7 cm³/mol. The molecule has 0 bridgehead atoms. The lowest BCUT2D eigenvalue weighted by Gasteiger charge is -2.30. The van der Waals surface area contributed by atoms with Crippen molar-refractivity contribution in [3.63, 3.8) is 0 Å². The fourth-order valence-corrected chi connectivity index (χ4v) is 3.11. The Morgan fingerprint density at radius 1 is 1.57 bits per heavy atom. The van der Waals surface area contributed by atoms with E-state index in [0.717, 1.165) is 5.82 Å². The Kier molecular flexibility index (Phi) is 4.01. The lowest BCUT2D eigenvalue weighted by atomic mass is 10.1. The molecule has 2 aliphatic heterocycles. The minimum atomic E-state index is -0.867. The van der Waals surface area contributed by atoms with Crippen LogP contribution in [0.5, 0.6) is 0 Å². The molecule has 0 radical (unpaired) electrons. The minimum Gasteiger partial charge on any atom is -0.464 e. The van der Waals surface area contributed by atoms with E-state index in [1.54, 1.807) is 12.3 Å². The highest BCUT2D eigenvalue weighted by molar-refractivity contribution is 5.77. The van der Waals surface area contributed by atoms with Crippen LogP contribution in [0.25, 0.3) is 0 Å². The van der Waals surface area contributed by atoms with Gasteiger partial charge in [0, 0.05) is 31.6 Å². The van der Waals surface area contributed by atoms with Crippen molar-refractivity contribution in [3.8, 4) is 0 Å². The van der Waals surface area contributed by atoms with Crippen molar-refractivity contribution in [2.45, 2.75) is 31.1 Å². The Balaban J connectivity index is 1.69. The van der Waals surface area contributed by atoms with E-state index < -0.39 is 6.17 Å². The van der Waals surface area contributed by atoms with Gasteiger partial charge in [0.05, 0.1) is 13.2 Å². The number of aromatic nitrogens is 2. The SMILES string of the molecule is CN(C[C@@H]1C[C@H](F)CN1c1ccncn1)C1CCOC1=O. The van der Waals surface area contributed by atoms with E-state index in [1.807, 2.05) is 16.8 Å². The monoisotopic (exact) mass is 294 g/mol. The van der Waals surface area contributed by atoms with Gasteiger partial charge < -0.3 is 9.64 Å². The molecule has 2 aliphatic rings. The van der Waals surface area contributed by atoms with Crippen LogP contribution in [0.15, 0.2) is 18.6 Å². The Morgan fingerprint density at radius 2 is 2.43 bits per heavy atom. The van der Waals surface area contributed by atoms with E-state index in [2.05, 4.69) is 9.97 Å². The van der Waals surface area contributed by atoms with Crippen LogP contribution in [0.3, 0.4) is 0 Å². The average molecular weight is 294 g/mol. The molecule has 2 fully saturated rings. The number of rotatable bonds is 4. The number of esters is 1. The topological polar surface area (TPSA) is 58.6 Å². The number of nitrogens with zero attached hydrogens (tertiary/aromatic N) is 4. The van der Waals surface area contributed by atoms with E-state index in [4.69, 9.17) is 4.74 Å². The third kappa shape index (κ3) is 2.97. The van der Waals surface area contributed by atoms with Crippen molar-refractivity contribution >= 4 is 11.8 Å². The maximum atomic E-state index is 13.8. The first kappa shape index (κ1) is 14.2. The second-order valence-electron chi connectivity index (χ2n) is 5.62. The highest BCUT2D eigenvalue weighted by Crippen LogP contribution is 2.26. The number of cyclic esters (lactones) is 1. The molecule has 1 unspecified atom stereocenters. The van der Waals surface area contributed by atoms with Gasteiger partial charge in [-0.2, -0.15) is 0 Å². The van der Waals surface area contributed by atoms with Gasteiger partial charge in [0.25, 0.3) is 0 Å². The standard InChI is InChI=1S/C14H19FN4O2/c1-18(12-3-5-21-14(12)20)8-11-6-10(15)7-19(11)13-2-4-16-9-17-13/h2,4,9-12H,3,5-8H2,1H3/t10-,11-,12?/m0/s1. The third-order valence-corrected chi connectivity index (χ3v) is 4.16. The summed E-state index contributed by atoms with van der Waals surface area (Å²) in [5.74, 6) is 0.554. The summed E-state index contributed by atoms with van der Waals surface area (Å²) in [6, 6.07) is 1.58. The summed E-state index contributed by atoms with van der Waals surface area (Å²) in [5.41, 5.74) is 0. The van der Waals surface area contributed by atoms with Crippen LogP contribution in [0, 0.1) is 0 Å². The van der Waals surface area contributed by atoms with Crippen LogP contribution in [0.4, 0.5) is 10.2 Å². The molecule has 0 aliphatic carbocycles. The number of hydrogen-bond donors (Lipinski definition) is 0. The molecule has 1 aromatic heterocycles.